The third kappa shape index (κ3) is 2.70. The number of ketones is 1. The van der Waals surface area contributed by atoms with E-state index in [1.54, 1.807) is 0 Å². The number of benzene rings is 2. The van der Waals surface area contributed by atoms with Crippen LogP contribution in [0.25, 0.3) is 0 Å². The topological polar surface area (TPSA) is 34.1 Å². The minimum absolute atomic E-state index is 0.0468. The maximum Gasteiger partial charge on any atom is 0.186 e. The van der Waals surface area contributed by atoms with Crippen molar-refractivity contribution in [2.24, 2.45) is 0 Å². The summed E-state index contributed by atoms with van der Waals surface area (Å²) in [6.45, 7) is 4.05. The van der Waals surface area contributed by atoms with E-state index in [9.17, 15) is 9.00 Å². The Kier molecular flexibility index (Phi) is 4.31. The highest BCUT2D eigenvalue weighted by atomic mass is 32.2. The van der Waals surface area contributed by atoms with Crippen molar-refractivity contribution in [1.29, 1.82) is 0 Å². The van der Waals surface area contributed by atoms with Crippen LogP contribution in [0.3, 0.4) is 0 Å². The van der Waals surface area contributed by atoms with Crippen molar-refractivity contribution in [3.63, 3.8) is 0 Å². The Morgan fingerprint density at radius 1 is 0.913 bits per heavy atom. The number of carbonyl (C=O) groups excluding carboxylic acids is 1. The Morgan fingerprint density at radius 3 is 2.09 bits per heavy atom. The van der Waals surface area contributed by atoms with E-state index in [-0.39, 0.29) is 5.78 Å². The quantitative estimate of drug-likeness (QED) is 0.625. The van der Waals surface area contributed by atoms with Gasteiger partial charge in [0, 0.05) is 22.1 Å². The second kappa shape index (κ2) is 6.25. The van der Waals surface area contributed by atoms with Crippen molar-refractivity contribution in [2.45, 2.75) is 25.0 Å². The van der Waals surface area contributed by atoms with Gasteiger partial charge in [-0.05, 0) is 25.8 Å². The Morgan fingerprint density at radius 2 is 1.48 bits per heavy atom. The van der Waals surface area contributed by atoms with E-state index in [1.165, 1.54) is 0 Å². The number of hydrogen-bond acceptors (Lipinski definition) is 2. The molecule has 0 saturated carbocycles. The van der Waals surface area contributed by atoms with Crippen LogP contribution in [-0.2, 0) is 15.5 Å². The van der Waals surface area contributed by atoms with Gasteiger partial charge in [0.1, 0.15) is 4.75 Å². The van der Waals surface area contributed by atoms with E-state index in [0.717, 1.165) is 16.7 Å². The summed E-state index contributed by atoms with van der Waals surface area (Å²) < 4.78 is 12.2. The van der Waals surface area contributed by atoms with Crippen LogP contribution in [0.2, 0.25) is 0 Å². The van der Waals surface area contributed by atoms with Gasteiger partial charge in [-0.2, -0.15) is 0 Å². The molecule has 0 fully saturated rings. The lowest BCUT2D eigenvalue weighted by atomic mass is 9.83. The molecule has 1 aliphatic heterocycles. The summed E-state index contributed by atoms with van der Waals surface area (Å²) in [5, 5.41) is 0. The van der Waals surface area contributed by atoms with E-state index < -0.39 is 15.5 Å². The predicted molar refractivity (Wildman–Crippen MR) is 94.9 cm³/mol. The summed E-state index contributed by atoms with van der Waals surface area (Å²) in [6.07, 6.45) is 0.517. The fraction of sp³-hybridized carbons (Fsp3) is 0.250. The molecule has 0 amide bonds. The van der Waals surface area contributed by atoms with Gasteiger partial charge in [-0.1, -0.05) is 71.8 Å². The molecular formula is C20H20O2S. The first-order valence-corrected chi connectivity index (χ1v) is 9.06. The highest BCUT2D eigenvalue weighted by Gasteiger charge is 2.48. The van der Waals surface area contributed by atoms with Gasteiger partial charge in [-0.15, -0.1) is 0 Å². The summed E-state index contributed by atoms with van der Waals surface area (Å²) in [6, 6.07) is 18.8. The molecule has 2 aromatic carbocycles. The van der Waals surface area contributed by atoms with Gasteiger partial charge in [-0.3, -0.25) is 9.00 Å². The standard InChI is InChI=1S/C20H20O2S/c1-15-13-20(23(22)14-16(15)2,18-11-7-4-8-12-18)19(21)17-9-5-3-6-10-17/h3-12H,13-14H2,1-2H3. The molecule has 0 aliphatic carbocycles. The molecule has 0 radical (unpaired) electrons. The van der Waals surface area contributed by atoms with Crippen LogP contribution in [0.15, 0.2) is 71.8 Å². The fourth-order valence-electron chi connectivity index (χ4n) is 3.13. The highest BCUT2D eigenvalue weighted by molar-refractivity contribution is 7.87. The van der Waals surface area contributed by atoms with Gasteiger partial charge in [0.25, 0.3) is 0 Å². The monoisotopic (exact) mass is 324 g/mol. The van der Waals surface area contributed by atoms with Gasteiger partial charge < -0.3 is 0 Å². The molecule has 0 bridgehead atoms. The van der Waals surface area contributed by atoms with E-state index in [1.807, 2.05) is 74.5 Å². The van der Waals surface area contributed by atoms with Crippen LogP contribution in [0, 0.1) is 0 Å². The first-order chi connectivity index (χ1) is 11.1. The molecule has 0 spiro atoms. The lowest BCUT2D eigenvalue weighted by molar-refractivity contribution is 0.0937. The van der Waals surface area contributed by atoms with Gasteiger partial charge in [0.05, 0.1) is 0 Å². The Hall–Kier alpha value is -2.00. The number of rotatable bonds is 3. The number of carbonyl (C=O) groups is 1. The minimum atomic E-state index is -1.28. The van der Waals surface area contributed by atoms with E-state index in [0.29, 0.717) is 17.7 Å². The summed E-state index contributed by atoms with van der Waals surface area (Å²) in [5.74, 6) is 0.411. The average Bonchev–Trinajstić information content (AvgIpc) is 2.59. The summed E-state index contributed by atoms with van der Waals surface area (Å²) in [4.78, 5) is 13.4. The Labute approximate surface area is 139 Å². The smallest absolute Gasteiger partial charge is 0.186 e. The molecule has 2 aromatic rings. The molecule has 2 nitrogen and oxygen atoms in total. The van der Waals surface area contributed by atoms with Gasteiger partial charge in [-0.25, -0.2) is 0 Å². The molecule has 0 aromatic heterocycles. The molecule has 2 atom stereocenters. The molecule has 0 saturated heterocycles. The second-order valence-electron chi connectivity index (χ2n) is 6.12. The van der Waals surface area contributed by atoms with Crippen molar-refractivity contribution in [1.82, 2.24) is 0 Å². The van der Waals surface area contributed by atoms with Crippen LogP contribution in [-0.4, -0.2) is 15.7 Å². The lowest BCUT2D eigenvalue weighted by Crippen LogP contribution is -2.44. The number of allylic oxidation sites excluding steroid dienone is 1. The maximum atomic E-state index is 13.4. The first kappa shape index (κ1) is 15.9. The van der Waals surface area contributed by atoms with Crippen LogP contribution >= 0.6 is 0 Å². The second-order valence-corrected chi connectivity index (χ2v) is 7.79. The first-order valence-electron chi connectivity index (χ1n) is 7.75. The molecular weight excluding hydrogens is 304 g/mol. The number of Topliss-reactive ketones (excluding diaryl/α,β-unsaturated/α-hetero) is 1. The molecule has 118 valence electrons. The van der Waals surface area contributed by atoms with Crippen molar-refractivity contribution >= 4 is 16.6 Å². The van der Waals surface area contributed by atoms with Crippen molar-refractivity contribution in [2.75, 3.05) is 5.75 Å². The lowest BCUT2D eigenvalue weighted by Gasteiger charge is -2.36. The normalized spacial score (nSPS) is 24.5. The predicted octanol–water partition coefficient (Wildman–Crippen LogP) is 4.25. The molecule has 1 aliphatic rings. The number of hydrogen-bond donors (Lipinski definition) is 0. The third-order valence-corrected chi connectivity index (χ3v) is 6.66. The van der Waals surface area contributed by atoms with E-state index in [4.69, 9.17) is 0 Å². The molecule has 3 rings (SSSR count). The van der Waals surface area contributed by atoms with Crippen LogP contribution in [0.4, 0.5) is 0 Å². The zero-order chi connectivity index (χ0) is 16.4. The zero-order valence-electron chi connectivity index (χ0n) is 13.4. The van der Waals surface area contributed by atoms with E-state index >= 15 is 0 Å². The molecule has 2 unspecified atom stereocenters. The molecule has 1 heterocycles. The summed E-state index contributed by atoms with van der Waals surface area (Å²) in [5.41, 5.74) is 3.77. The zero-order valence-corrected chi connectivity index (χ0v) is 14.2. The largest absolute Gasteiger partial charge is 0.292 e. The van der Waals surface area contributed by atoms with Crippen molar-refractivity contribution < 1.29 is 9.00 Å². The highest BCUT2D eigenvalue weighted by Crippen LogP contribution is 2.42. The Bertz CT molecular complexity index is 778. The van der Waals surface area contributed by atoms with Crippen molar-refractivity contribution in [3.05, 3.63) is 82.9 Å². The minimum Gasteiger partial charge on any atom is -0.292 e. The average molecular weight is 324 g/mol. The van der Waals surface area contributed by atoms with Crippen LogP contribution < -0.4 is 0 Å². The fourth-order valence-corrected chi connectivity index (χ4v) is 5.11. The summed E-state index contributed by atoms with van der Waals surface area (Å²) >= 11 is 0. The van der Waals surface area contributed by atoms with Crippen LogP contribution in [0.5, 0.6) is 0 Å². The van der Waals surface area contributed by atoms with E-state index in [2.05, 4.69) is 0 Å². The molecule has 0 N–H and O–H groups in total. The van der Waals surface area contributed by atoms with Gasteiger partial charge >= 0.3 is 0 Å². The van der Waals surface area contributed by atoms with Gasteiger partial charge in [0.15, 0.2) is 5.78 Å². The SMILES string of the molecule is CC1=C(C)CC(C(=O)c2ccccc2)(c2ccccc2)S(=O)C1. The molecule has 3 heteroatoms. The van der Waals surface area contributed by atoms with Crippen LogP contribution in [0.1, 0.15) is 36.2 Å². The van der Waals surface area contributed by atoms with Crippen molar-refractivity contribution in [3.8, 4) is 0 Å². The molecule has 23 heavy (non-hydrogen) atoms. The summed E-state index contributed by atoms with van der Waals surface area (Å²) in [7, 11) is -1.28. The Balaban J connectivity index is 2.20. The third-order valence-electron chi connectivity index (χ3n) is 4.62. The maximum absolute atomic E-state index is 13.4. The van der Waals surface area contributed by atoms with Gasteiger partial charge in [0.2, 0.25) is 0 Å².